The van der Waals surface area contributed by atoms with Crippen molar-refractivity contribution in [1.29, 1.82) is 0 Å². The Kier molecular flexibility index (Phi) is 6.55. The van der Waals surface area contributed by atoms with Crippen molar-refractivity contribution in [3.8, 4) is 0 Å². The predicted octanol–water partition coefficient (Wildman–Crippen LogP) is 2.38. The van der Waals surface area contributed by atoms with Crippen LogP contribution in [0.15, 0.2) is 0 Å². The quantitative estimate of drug-likeness (QED) is 0.620. The minimum absolute atomic E-state index is 0.0763. The van der Waals surface area contributed by atoms with Gasteiger partial charge in [-0.05, 0) is 12.8 Å². The smallest absolute Gasteiger partial charge is 0.222 e. The van der Waals surface area contributed by atoms with Crippen molar-refractivity contribution in [2.24, 2.45) is 0 Å². The molecule has 2 nitrogen and oxygen atoms in total. The summed E-state index contributed by atoms with van der Waals surface area (Å²) < 4.78 is 12.7. The number of rotatable bonds is 1. The van der Waals surface area contributed by atoms with Crippen molar-refractivity contribution in [2.75, 3.05) is 13.1 Å². The van der Waals surface area contributed by atoms with Crippen LogP contribution in [0.3, 0.4) is 0 Å². The summed E-state index contributed by atoms with van der Waals surface area (Å²) in [6, 6.07) is 0. The number of amides is 1. The van der Waals surface area contributed by atoms with Crippen LogP contribution in [0.25, 0.3) is 0 Å². The Balaban J connectivity index is 0.000000671. The molecule has 1 unspecified atom stereocenters. The zero-order valence-electron chi connectivity index (χ0n) is 8.85. The van der Waals surface area contributed by atoms with Gasteiger partial charge in [-0.25, -0.2) is 4.39 Å². The van der Waals surface area contributed by atoms with E-state index in [0.717, 1.165) is 13.0 Å². The molecule has 78 valence electrons. The van der Waals surface area contributed by atoms with Crippen LogP contribution in [0.2, 0.25) is 0 Å². The molecule has 0 N–H and O–H groups in total. The van der Waals surface area contributed by atoms with Gasteiger partial charge in [0, 0.05) is 13.0 Å². The van der Waals surface area contributed by atoms with Gasteiger partial charge in [0.15, 0.2) is 0 Å². The maximum absolute atomic E-state index is 12.7. The second-order valence-corrected chi connectivity index (χ2v) is 2.93. The summed E-state index contributed by atoms with van der Waals surface area (Å²) in [5, 5.41) is 0. The topological polar surface area (TPSA) is 20.3 Å². The third kappa shape index (κ3) is 4.25. The largest absolute Gasteiger partial charge is 0.340 e. The van der Waals surface area contributed by atoms with Crippen molar-refractivity contribution >= 4 is 5.91 Å². The number of nitrogens with zero attached hydrogens (tertiary/aromatic N) is 1. The average molecular weight is 189 g/mol. The second kappa shape index (κ2) is 6.87. The van der Waals surface area contributed by atoms with E-state index < -0.39 is 6.17 Å². The first-order chi connectivity index (χ1) is 6.24. The summed E-state index contributed by atoms with van der Waals surface area (Å²) in [6.07, 6.45) is 1.13. The van der Waals surface area contributed by atoms with Crippen LogP contribution in [0, 0.1) is 0 Å². The summed E-state index contributed by atoms with van der Waals surface area (Å²) in [7, 11) is 0. The summed E-state index contributed by atoms with van der Waals surface area (Å²) in [6.45, 7) is 6.87. The van der Waals surface area contributed by atoms with Crippen molar-refractivity contribution in [3.05, 3.63) is 0 Å². The molecule has 0 spiro atoms. The number of carbonyl (C=O) groups is 1. The number of hydrogen-bond acceptors (Lipinski definition) is 1. The fourth-order valence-electron chi connectivity index (χ4n) is 1.38. The first-order valence-corrected chi connectivity index (χ1v) is 5.16. The van der Waals surface area contributed by atoms with E-state index >= 15 is 0 Å². The van der Waals surface area contributed by atoms with Gasteiger partial charge in [0.05, 0.1) is 6.54 Å². The molecule has 3 heteroatoms. The SMILES string of the molecule is CC.CCC(=O)N1CCCC(F)C1. The second-order valence-electron chi connectivity index (χ2n) is 2.93. The highest BCUT2D eigenvalue weighted by Gasteiger charge is 2.21. The van der Waals surface area contributed by atoms with E-state index in [2.05, 4.69) is 0 Å². The molecule has 1 saturated heterocycles. The molecule has 1 aliphatic heterocycles. The van der Waals surface area contributed by atoms with Crippen LogP contribution in [0.1, 0.15) is 40.0 Å². The zero-order chi connectivity index (χ0) is 10.3. The molecule has 0 radical (unpaired) electrons. The van der Waals surface area contributed by atoms with E-state index in [1.807, 2.05) is 20.8 Å². The molecule has 1 amide bonds. The molecule has 0 aromatic rings. The number of likely N-dealkylation sites (tertiary alicyclic amines) is 1. The first-order valence-electron chi connectivity index (χ1n) is 5.16. The van der Waals surface area contributed by atoms with Gasteiger partial charge >= 0.3 is 0 Å². The summed E-state index contributed by atoms with van der Waals surface area (Å²) in [4.78, 5) is 12.7. The first kappa shape index (κ1) is 12.4. The third-order valence-electron chi connectivity index (χ3n) is 2.02. The summed E-state index contributed by atoms with van der Waals surface area (Å²) >= 11 is 0. The lowest BCUT2D eigenvalue weighted by atomic mass is 10.1. The Labute approximate surface area is 80.1 Å². The lowest BCUT2D eigenvalue weighted by Crippen LogP contribution is -2.40. The Morgan fingerprint density at radius 3 is 2.62 bits per heavy atom. The Bertz CT molecular complexity index is 150. The average Bonchev–Trinajstić information content (AvgIpc) is 2.20. The van der Waals surface area contributed by atoms with Crippen molar-refractivity contribution in [1.82, 2.24) is 4.90 Å². The van der Waals surface area contributed by atoms with Gasteiger partial charge in [-0.15, -0.1) is 0 Å². The van der Waals surface area contributed by atoms with Gasteiger partial charge in [-0.2, -0.15) is 0 Å². The molecule has 0 aromatic heterocycles. The van der Waals surface area contributed by atoms with Gasteiger partial charge in [-0.3, -0.25) is 4.79 Å². The predicted molar refractivity (Wildman–Crippen MR) is 52.3 cm³/mol. The van der Waals surface area contributed by atoms with Crippen molar-refractivity contribution < 1.29 is 9.18 Å². The highest BCUT2D eigenvalue weighted by molar-refractivity contribution is 5.75. The van der Waals surface area contributed by atoms with E-state index in [0.29, 0.717) is 19.4 Å². The lowest BCUT2D eigenvalue weighted by Gasteiger charge is -2.28. The molecule has 0 bridgehead atoms. The zero-order valence-corrected chi connectivity index (χ0v) is 8.85. The Hall–Kier alpha value is -0.600. The van der Waals surface area contributed by atoms with E-state index in [1.54, 1.807) is 4.90 Å². The van der Waals surface area contributed by atoms with Crippen molar-refractivity contribution in [2.45, 2.75) is 46.2 Å². The van der Waals surface area contributed by atoms with Gasteiger partial charge in [-0.1, -0.05) is 20.8 Å². The fourth-order valence-corrected chi connectivity index (χ4v) is 1.38. The normalized spacial score (nSPS) is 21.8. The molecule has 0 aromatic carbocycles. The Morgan fingerprint density at radius 2 is 2.15 bits per heavy atom. The van der Waals surface area contributed by atoms with Gasteiger partial charge in [0.1, 0.15) is 6.17 Å². The third-order valence-corrected chi connectivity index (χ3v) is 2.02. The van der Waals surface area contributed by atoms with Gasteiger partial charge < -0.3 is 4.90 Å². The van der Waals surface area contributed by atoms with Gasteiger partial charge in [0.25, 0.3) is 0 Å². The van der Waals surface area contributed by atoms with E-state index in [1.165, 1.54) is 0 Å². The minimum Gasteiger partial charge on any atom is -0.340 e. The molecule has 1 heterocycles. The number of carbonyl (C=O) groups excluding carboxylic acids is 1. The number of hydrogen-bond donors (Lipinski definition) is 0. The standard InChI is InChI=1S/C8H14FNO.C2H6/c1-2-8(11)10-5-3-4-7(9)6-10;1-2/h7H,2-6H2,1H3;1-2H3. The van der Waals surface area contributed by atoms with Crippen LogP contribution in [-0.4, -0.2) is 30.1 Å². The molecule has 13 heavy (non-hydrogen) atoms. The molecule has 1 fully saturated rings. The molecule has 1 aliphatic rings. The Morgan fingerprint density at radius 1 is 1.54 bits per heavy atom. The van der Waals surface area contributed by atoms with Crippen LogP contribution in [0.5, 0.6) is 0 Å². The summed E-state index contributed by atoms with van der Waals surface area (Å²) in [5.41, 5.74) is 0. The lowest BCUT2D eigenvalue weighted by molar-refractivity contribution is -0.132. The molecule has 0 aliphatic carbocycles. The van der Waals surface area contributed by atoms with E-state index in [9.17, 15) is 9.18 Å². The van der Waals surface area contributed by atoms with Crippen LogP contribution >= 0.6 is 0 Å². The monoisotopic (exact) mass is 189 g/mol. The fraction of sp³-hybridized carbons (Fsp3) is 0.900. The highest BCUT2D eigenvalue weighted by Crippen LogP contribution is 2.13. The highest BCUT2D eigenvalue weighted by atomic mass is 19.1. The molecular weight excluding hydrogens is 169 g/mol. The van der Waals surface area contributed by atoms with Crippen molar-refractivity contribution in [3.63, 3.8) is 0 Å². The number of alkyl halides is 1. The van der Waals surface area contributed by atoms with E-state index in [4.69, 9.17) is 0 Å². The molecule has 1 rings (SSSR count). The van der Waals surface area contributed by atoms with Crippen LogP contribution in [-0.2, 0) is 4.79 Å². The maximum atomic E-state index is 12.7. The van der Waals surface area contributed by atoms with Crippen LogP contribution < -0.4 is 0 Å². The number of halogens is 1. The van der Waals surface area contributed by atoms with Gasteiger partial charge in [0.2, 0.25) is 5.91 Å². The van der Waals surface area contributed by atoms with Crippen LogP contribution in [0.4, 0.5) is 4.39 Å². The number of piperidine rings is 1. The summed E-state index contributed by atoms with van der Waals surface area (Å²) in [5.74, 6) is 0.0763. The maximum Gasteiger partial charge on any atom is 0.222 e. The minimum atomic E-state index is -0.792. The van der Waals surface area contributed by atoms with E-state index in [-0.39, 0.29) is 5.91 Å². The molecular formula is C10H20FNO. The molecule has 1 atom stereocenters. The molecule has 0 saturated carbocycles.